The molecule has 0 unspecified atom stereocenters. The zero-order chi connectivity index (χ0) is 25.4. The van der Waals surface area contributed by atoms with E-state index < -0.39 is 5.97 Å². The number of esters is 1. The molecule has 0 saturated carbocycles. The van der Waals surface area contributed by atoms with E-state index >= 15 is 0 Å². The van der Waals surface area contributed by atoms with E-state index in [0.717, 1.165) is 22.6 Å². The average molecular weight is 530 g/mol. The first kappa shape index (κ1) is 25.1. The normalized spacial score (nSPS) is 14.9. The molecule has 1 amide bonds. The summed E-state index contributed by atoms with van der Waals surface area (Å²) in [4.78, 5) is 28.1. The van der Waals surface area contributed by atoms with Gasteiger partial charge in [0.05, 0.1) is 28.5 Å². The minimum Gasteiger partial charge on any atom is -0.462 e. The number of aryl methyl sites for hydroxylation is 1. The van der Waals surface area contributed by atoms with Crippen molar-refractivity contribution in [3.8, 4) is 5.69 Å². The monoisotopic (exact) mass is 528 g/mol. The van der Waals surface area contributed by atoms with Crippen LogP contribution in [0, 0.1) is 13.8 Å². The Kier molecular flexibility index (Phi) is 7.13. The maximum absolute atomic E-state index is 13.6. The van der Waals surface area contributed by atoms with Crippen molar-refractivity contribution in [2.75, 3.05) is 11.5 Å². The molecule has 0 N–H and O–H groups in total. The number of allylic oxidation sites excluding steroid dienone is 1. The van der Waals surface area contributed by atoms with Crippen LogP contribution in [0.2, 0.25) is 15.1 Å². The number of ether oxygens (including phenoxy) is 1. The number of aromatic nitrogens is 1. The summed E-state index contributed by atoms with van der Waals surface area (Å²) in [6.45, 7) is 7.54. The maximum Gasteiger partial charge on any atom is 0.340 e. The van der Waals surface area contributed by atoms with Gasteiger partial charge < -0.3 is 9.30 Å². The highest BCUT2D eigenvalue weighted by atomic mass is 35.5. The molecule has 1 aliphatic heterocycles. The summed E-state index contributed by atoms with van der Waals surface area (Å²) in [6.07, 6.45) is 1.73. The van der Waals surface area contributed by atoms with Crippen molar-refractivity contribution in [1.82, 2.24) is 4.57 Å². The van der Waals surface area contributed by atoms with Crippen LogP contribution in [0.4, 0.5) is 5.69 Å². The highest BCUT2D eigenvalue weighted by Crippen LogP contribution is 2.37. The molecule has 5 nitrogen and oxygen atoms in total. The number of hydrogen-bond acceptors (Lipinski definition) is 3. The number of carbonyl (C=O) groups is 2. The SMILES string of the molecule is CCOC(=O)C1=C(C)N(c2ccc(Cl)cc2)C(=O)/C1=C\c1cc(C)n(-c2ccc(Cl)cc2Cl)c1C. The van der Waals surface area contributed by atoms with E-state index in [-0.39, 0.29) is 23.7 Å². The number of anilines is 1. The number of halogens is 3. The van der Waals surface area contributed by atoms with Gasteiger partial charge in [0.15, 0.2) is 0 Å². The zero-order valence-corrected chi connectivity index (χ0v) is 21.9. The minimum absolute atomic E-state index is 0.196. The van der Waals surface area contributed by atoms with Gasteiger partial charge in [0.2, 0.25) is 0 Å². The molecular weight excluding hydrogens is 507 g/mol. The topological polar surface area (TPSA) is 51.5 Å². The molecule has 1 aromatic heterocycles. The average Bonchev–Trinajstić information content (AvgIpc) is 3.21. The van der Waals surface area contributed by atoms with Gasteiger partial charge in [-0.15, -0.1) is 0 Å². The van der Waals surface area contributed by atoms with Crippen LogP contribution in [0.5, 0.6) is 0 Å². The second kappa shape index (κ2) is 9.94. The highest BCUT2D eigenvalue weighted by Gasteiger charge is 2.38. The molecule has 0 bridgehead atoms. The van der Waals surface area contributed by atoms with Gasteiger partial charge in [-0.3, -0.25) is 9.69 Å². The van der Waals surface area contributed by atoms with E-state index in [0.29, 0.717) is 26.5 Å². The van der Waals surface area contributed by atoms with Gasteiger partial charge >= 0.3 is 5.97 Å². The lowest BCUT2D eigenvalue weighted by molar-refractivity contribution is -0.138. The fourth-order valence-corrected chi connectivity index (χ4v) is 4.92. The Bertz CT molecular complexity index is 1400. The van der Waals surface area contributed by atoms with Crippen LogP contribution < -0.4 is 4.90 Å². The van der Waals surface area contributed by atoms with Gasteiger partial charge in [-0.05, 0) is 87.9 Å². The third kappa shape index (κ3) is 4.64. The molecule has 0 radical (unpaired) electrons. The van der Waals surface area contributed by atoms with Crippen molar-refractivity contribution < 1.29 is 14.3 Å². The van der Waals surface area contributed by atoms with Crippen LogP contribution in [0.1, 0.15) is 30.8 Å². The smallest absolute Gasteiger partial charge is 0.340 e. The molecule has 2 heterocycles. The molecule has 3 aromatic rings. The lowest BCUT2D eigenvalue weighted by Crippen LogP contribution is -2.24. The second-order valence-corrected chi connectivity index (χ2v) is 9.39. The molecule has 0 aliphatic carbocycles. The van der Waals surface area contributed by atoms with Gasteiger partial charge in [-0.1, -0.05) is 34.8 Å². The number of amides is 1. The molecule has 0 spiro atoms. The molecule has 0 atom stereocenters. The van der Waals surface area contributed by atoms with E-state index in [1.54, 1.807) is 56.3 Å². The van der Waals surface area contributed by atoms with Gasteiger partial charge in [0, 0.05) is 32.8 Å². The summed E-state index contributed by atoms with van der Waals surface area (Å²) in [7, 11) is 0. The molecule has 0 saturated heterocycles. The number of carbonyl (C=O) groups excluding carboxylic acids is 2. The van der Waals surface area contributed by atoms with Gasteiger partial charge in [-0.25, -0.2) is 4.79 Å². The summed E-state index contributed by atoms with van der Waals surface area (Å²) in [6, 6.07) is 14.1. The van der Waals surface area contributed by atoms with Crippen molar-refractivity contribution in [1.29, 1.82) is 0 Å². The van der Waals surface area contributed by atoms with Crippen LogP contribution in [0.25, 0.3) is 11.8 Å². The standard InChI is InChI=1S/C27H23Cl3N2O3/c1-5-35-27(34)25-17(4)32(21-9-6-19(28)7-10-21)26(33)22(25)13-18-12-15(2)31(16(18)3)24-11-8-20(29)14-23(24)30/h6-14H,5H2,1-4H3/b22-13-. The molecular formula is C27H23Cl3N2O3. The molecule has 4 rings (SSSR count). The van der Waals surface area contributed by atoms with Crippen LogP contribution in [0.3, 0.4) is 0 Å². The first-order chi connectivity index (χ1) is 16.6. The number of benzene rings is 2. The minimum atomic E-state index is -0.546. The molecule has 8 heteroatoms. The summed E-state index contributed by atoms with van der Waals surface area (Å²) >= 11 is 18.6. The highest BCUT2D eigenvalue weighted by molar-refractivity contribution is 6.35. The summed E-state index contributed by atoms with van der Waals surface area (Å²) in [5.41, 5.74) is 4.93. The zero-order valence-electron chi connectivity index (χ0n) is 19.7. The maximum atomic E-state index is 13.6. The number of nitrogens with zero attached hydrogens (tertiary/aromatic N) is 2. The third-order valence-corrected chi connectivity index (χ3v) is 6.67. The van der Waals surface area contributed by atoms with Crippen LogP contribution in [0.15, 0.2) is 65.4 Å². The molecule has 35 heavy (non-hydrogen) atoms. The largest absolute Gasteiger partial charge is 0.462 e. The van der Waals surface area contributed by atoms with Crippen LogP contribution in [-0.4, -0.2) is 23.1 Å². The lowest BCUT2D eigenvalue weighted by Gasteiger charge is -2.18. The fourth-order valence-electron chi connectivity index (χ4n) is 4.30. The fraction of sp³-hybridized carbons (Fsp3) is 0.185. The Morgan fingerprint density at radius 3 is 2.26 bits per heavy atom. The summed E-state index contributed by atoms with van der Waals surface area (Å²) < 4.78 is 7.29. The number of rotatable bonds is 5. The third-order valence-electron chi connectivity index (χ3n) is 5.89. The van der Waals surface area contributed by atoms with Crippen LogP contribution in [-0.2, 0) is 14.3 Å². The van der Waals surface area contributed by atoms with Crippen molar-refractivity contribution in [2.24, 2.45) is 0 Å². The van der Waals surface area contributed by atoms with Gasteiger partial charge in [0.1, 0.15) is 0 Å². The van der Waals surface area contributed by atoms with Crippen LogP contribution >= 0.6 is 34.8 Å². The van der Waals surface area contributed by atoms with E-state index in [2.05, 4.69) is 0 Å². The molecule has 1 aliphatic rings. The van der Waals surface area contributed by atoms with Crippen molar-refractivity contribution in [2.45, 2.75) is 27.7 Å². The van der Waals surface area contributed by atoms with E-state index in [4.69, 9.17) is 39.5 Å². The first-order valence-electron chi connectivity index (χ1n) is 11.0. The van der Waals surface area contributed by atoms with Gasteiger partial charge in [-0.2, -0.15) is 0 Å². The predicted octanol–water partition coefficient (Wildman–Crippen LogP) is 7.32. The lowest BCUT2D eigenvalue weighted by atomic mass is 10.0. The van der Waals surface area contributed by atoms with Gasteiger partial charge in [0.25, 0.3) is 5.91 Å². The van der Waals surface area contributed by atoms with Crippen molar-refractivity contribution in [3.63, 3.8) is 0 Å². The predicted molar refractivity (Wildman–Crippen MR) is 142 cm³/mol. The Hall–Kier alpha value is -2.99. The van der Waals surface area contributed by atoms with E-state index in [9.17, 15) is 9.59 Å². The van der Waals surface area contributed by atoms with E-state index in [1.165, 1.54) is 4.90 Å². The second-order valence-electron chi connectivity index (χ2n) is 8.11. The molecule has 0 fully saturated rings. The van der Waals surface area contributed by atoms with Crippen molar-refractivity contribution >= 4 is 58.4 Å². The Morgan fingerprint density at radius 2 is 1.63 bits per heavy atom. The summed E-state index contributed by atoms with van der Waals surface area (Å²) in [5, 5.41) is 1.60. The summed E-state index contributed by atoms with van der Waals surface area (Å²) in [5.74, 6) is -0.863. The molecule has 2 aromatic carbocycles. The Balaban J connectivity index is 1.85. The van der Waals surface area contributed by atoms with E-state index in [1.807, 2.05) is 30.5 Å². The first-order valence-corrected chi connectivity index (χ1v) is 12.1. The quantitative estimate of drug-likeness (QED) is 0.257. The molecule has 180 valence electrons. The Labute approximate surface area is 219 Å². The van der Waals surface area contributed by atoms with Crippen molar-refractivity contribution in [3.05, 3.63) is 97.4 Å². The Morgan fingerprint density at radius 1 is 0.971 bits per heavy atom. The number of hydrogen-bond donors (Lipinski definition) is 0.